The summed E-state index contributed by atoms with van der Waals surface area (Å²) in [6.45, 7) is 10.4. The molecule has 0 aromatic carbocycles. The molecule has 0 bridgehead atoms. The fraction of sp³-hybridized carbons (Fsp3) is 0.818. The second kappa shape index (κ2) is 10.7. The van der Waals surface area contributed by atoms with Gasteiger partial charge in [-0.3, -0.25) is 9.59 Å². The Kier molecular flexibility index (Phi) is 9.38. The van der Waals surface area contributed by atoms with Crippen LogP contribution in [-0.4, -0.2) is 23.1 Å². The van der Waals surface area contributed by atoms with Gasteiger partial charge in [-0.1, -0.05) is 59.1 Å². The van der Waals surface area contributed by atoms with E-state index in [2.05, 4.69) is 27.7 Å². The number of aliphatic carboxylic acids is 1. The van der Waals surface area contributed by atoms with Crippen molar-refractivity contribution in [1.29, 1.82) is 0 Å². The molecule has 0 saturated heterocycles. The van der Waals surface area contributed by atoms with E-state index < -0.39 is 17.3 Å². The van der Waals surface area contributed by atoms with Crippen LogP contribution >= 0.6 is 0 Å². The van der Waals surface area contributed by atoms with E-state index in [4.69, 9.17) is 4.74 Å². The van der Waals surface area contributed by atoms with E-state index in [9.17, 15) is 14.7 Å². The van der Waals surface area contributed by atoms with Gasteiger partial charge in [-0.2, -0.15) is 0 Å². The minimum Gasteiger partial charge on any atom is -0.481 e. The molecule has 3 unspecified atom stereocenters. The SMILES string of the molecule is CC(C)CCCCCC(CC(C)C)OC(=O)C1(C)C=CCCC1C(=O)O. The van der Waals surface area contributed by atoms with Crippen LogP contribution in [0.1, 0.15) is 86.0 Å². The number of unbranched alkanes of at least 4 members (excludes halogenated alkanes) is 2. The lowest BCUT2D eigenvalue weighted by Gasteiger charge is -2.34. The number of carbonyl (C=O) groups is 2. The Labute approximate surface area is 159 Å². The Hall–Kier alpha value is -1.32. The van der Waals surface area contributed by atoms with Crippen molar-refractivity contribution in [3.05, 3.63) is 12.2 Å². The maximum absolute atomic E-state index is 12.9. The average Bonchev–Trinajstić information content (AvgIpc) is 2.53. The third-order valence-electron chi connectivity index (χ3n) is 5.36. The number of ether oxygens (including phenoxy) is 1. The van der Waals surface area contributed by atoms with Crippen LogP contribution in [0.4, 0.5) is 0 Å². The Morgan fingerprint density at radius 3 is 2.35 bits per heavy atom. The molecule has 0 aromatic rings. The van der Waals surface area contributed by atoms with Crippen molar-refractivity contribution in [2.24, 2.45) is 23.2 Å². The molecule has 0 fully saturated rings. The van der Waals surface area contributed by atoms with Gasteiger partial charge in [-0.05, 0) is 50.9 Å². The number of hydrogen-bond donors (Lipinski definition) is 1. The second-order valence-electron chi connectivity index (χ2n) is 8.84. The first-order valence-corrected chi connectivity index (χ1v) is 10.3. The maximum Gasteiger partial charge on any atom is 0.316 e. The molecule has 26 heavy (non-hydrogen) atoms. The van der Waals surface area contributed by atoms with Crippen LogP contribution in [0.15, 0.2) is 12.2 Å². The predicted molar refractivity (Wildman–Crippen MR) is 105 cm³/mol. The summed E-state index contributed by atoms with van der Waals surface area (Å²) in [5.41, 5.74) is -1.06. The molecular formula is C22H38O4. The standard InChI is InChI=1S/C22H38O4/c1-16(2)11-7-6-8-12-18(15-17(3)4)26-21(25)22(5)14-10-9-13-19(22)20(23)24/h10,14,16-19H,6-9,11-13,15H2,1-5H3,(H,23,24). The van der Waals surface area contributed by atoms with Gasteiger partial charge < -0.3 is 9.84 Å². The first kappa shape index (κ1) is 22.7. The van der Waals surface area contributed by atoms with Crippen molar-refractivity contribution in [3.8, 4) is 0 Å². The number of allylic oxidation sites excluding steroid dienone is 1. The summed E-state index contributed by atoms with van der Waals surface area (Å²) in [6.07, 6.45) is 11.0. The van der Waals surface area contributed by atoms with Crippen LogP contribution < -0.4 is 0 Å². The van der Waals surface area contributed by atoms with Gasteiger partial charge in [-0.25, -0.2) is 0 Å². The highest BCUT2D eigenvalue weighted by Crippen LogP contribution is 2.38. The number of carboxylic acid groups (broad SMARTS) is 1. The van der Waals surface area contributed by atoms with Crippen LogP contribution in [-0.2, 0) is 14.3 Å². The largest absolute Gasteiger partial charge is 0.481 e. The lowest BCUT2D eigenvalue weighted by atomic mass is 9.71. The van der Waals surface area contributed by atoms with Gasteiger partial charge in [0.15, 0.2) is 0 Å². The molecule has 4 heteroatoms. The third kappa shape index (κ3) is 7.13. The molecule has 0 aromatic heterocycles. The number of esters is 1. The molecule has 0 saturated carbocycles. The fourth-order valence-corrected chi connectivity index (χ4v) is 3.73. The average molecular weight is 367 g/mol. The van der Waals surface area contributed by atoms with E-state index in [0.717, 1.165) is 31.6 Å². The third-order valence-corrected chi connectivity index (χ3v) is 5.36. The highest BCUT2D eigenvalue weighted by atomic mass is 16.5. The van der Waals surface area contributed by atoms with Gasteiger partial charge in [0, 0.05) is 0 Å². The summed E-state index contributed by atoms with van der Waals surface area (Å²) in [7, 11) is 0. The molecular weight excluding hydrogens is 328 g/mol. The van der Waals surface area contributed by atoms with E-state index in [-0.39, 0.29) is 12.1 Å². The van der Waals surface area contributed by atoms with Gasteiger partial charge in [0.25, 0.3) is 0 Å². The van der Waals surface area contributed by atoms with Gasteiger partial charge in [0.1, 0.15) is 6.10 Å². The van der Waals surface area contributed by atoms with Crippen LogP contribution in [0.3, 0.4) is 0 Å². The molecule has 150 valence electrons. The van der Waals surface area contributed by atoms with Gasteiger partial charge >= 0.3 is 11.9 Å². The zero-order chi connectivity index (χ0) is 19.7. The summed E-state index contributed by atoms with van der Waals surface area (Å²) in [6, 6.07) is 0. The van der Waals surface area contributed by atoms with E-state index in [0.29, 0.717) is 18.8 Å². The monoisotopic (exact) mass is 366 g/mol. The van der Waals surface area contributed by atoms with Crippen molar-refractivity contribution < 1.29 is 19.4 Å². The minimum absolute atomic E-state index is 0.122. The quantitative estimate of drug-likeness (QED) is 0.293. The molecule has 1 aliphatic rings. The van der Waals surface area contributed by atoms with Crippen LogP contribution in [0.2, 0.25) is 0 Å². The van der Waals surface area contributed by atoms with Crippen molar-refractivity contribution in [3.63, 3.8) is 0 Å². The van der Waals surface area contributed by atoms with E-state index >= 15 is 0 Å². The predicted octanol–water partition coefficient (Wildman–Crippen LogP) is 5.61. The Balaban J connectivity index is 2.67. The van der Waals surface area contributed by atoms with Gasteiger partial charge in [-0.15, -0.1) is 0 Å². The smallest absolute Gasteiger partial charge is 0.316 e. The van der Waals surface area contributed by atoms with E-state index in [1.54, 1.807) is 13.0 Å². The zero-order valence-electron chi connectivity index (χ0n) is 17.3. The fourth-order valence-electron chi connectivity index (χ4n) is 3.73. The summed E-state index contributed by atoms with van der Waals surface area (Å²) >= 11 is 0. The molecule has 1 N–H and O–H groups in total. The van der Waals surface area contributed by atoms with Gasteiger partial charge in [0.05, 0.1) is 11.3 Å². The van der Waals surface area contributed by atoms with Gasteiger partial charge in [0.2, 0.25) is 0 Å². The Morgan fingerprint density at radius 1 is 1.12 bits per heavy atom. The van der Waals surface area contributed by atoms with Crippen molar-refractivity contribution in [2.75, 3.05) is 0 Å². The first-order valence-electron chi connectivity index (χ1n) is 10.3. The van der Waals surface area contributed by atoms with Crippen molar-refractivity contribution >= 4 is 11.9 Å². The first-order chi connectivity index (χ1) is 12.2. The van der Waals surface area contributed by atoms with Crippen LogP contribution in [0.25, 0.3) is 0 Å². The summed E-state index contributed by atoms with van der Waals surface area (Å²) in [4.78, 5) is 24.5. The molecule has 1 aliphatic carbocycles. The van der Waals surface area contributed by atoms with Crippen molar-refractivity contribution in [2.45, 2.75) is 92.1 Å². The summed E-state index contributed by atoms with van der Waals surface area (Å²) < 4.78 is 5.86. The highest BCUT2D eigenvalue weighted by molar-refractivity contribution is 5.86. The number of hydrogen-bond acceptors (Lipinski definition) is 3. The molecule has 3 atom stereocenters. The Morgan fingerprint density at radius 2 is 1.77 bits per heavy atom. The molecule has 0 aliphatic heterocycles. The molecule has 0 radical (unpaired) electrons. The minimum atomic E-state index is -1.06. The topological polar surface area (TPSA) is 63.6 Å². The Bertz CT molecular complexity index is 481. The lowest BCUT2D eigenvalue weighted by molar-refractivity contribution is -0.168. The zero-order valence-corrected chi connectivity index (χ0v) is 17.3. The maximum atomic E-state index is 12.9. The van der Waals surface area contributed by atoms with E-state index in [1.807, 2.05) is 6.08 Å². The summed E-state index contributed by atoms with van der Waals surface area (Å²) in [5, 5.41) is 9.51. The highest BCUT2D eigenvalue weighted by Gasteiger charge is 2.46. The molecule has 4 nitrogen and oxygen atoms in total. The molecule has 0 amide bonds. The van der Waals surface area contributed by atoms with Crippen molar-refractivity contribution in [1.82, 2.24) is 0 Å². The van der Waals surface area contributed by atoms with Crippen LogP contribution in [0.5, 0.6) is 0 Å². The number of carbonyl (C=O) groups excluding carboxylic acids is 1. The molecule has 1 rings (SSSR count). The molecule has 0 heterocycles. The number of rotatable bonds is 11. The lowest BCUT2D eigenvalue weighted by Crippen LogP contribution is -2.42. The van der Waals surface area contributed by atoms with E-state index in [1.165, 1.54) is 12.8 Å². The second-order valence-corrected chi connectivity index (χ2v) is 8.84. The number of carboxylic acids is 1. The van der Waals surface area contributed by atoms with Crippen LogP contribution in [0, 0.1) is 23.2 Å². The normalized spacial score (nSPS) is 24.0. The summed E-state index contributed by atoms with van der Waals surface area (Å²) in [5.74, 6) is -0.832. The molecule has 0 spiro atoms.